The van der Waals surface area contributed by atoms with Crippen LogP contribution in [0.4, 0.5) is 45.5 Å². The highest BCUT2D eigenvalue weighted by Gasteiger charge is 2.52. The lowest BCUT2D eigenvalue weighted by molar-refractivity contribution is 0.769. The van der Waals surface area contributed by atoms with Gasteiger partial charge in [-0.3, -0.25) is 0 Å². The predicted molar refractivity (Wildman–Crippen MR) is 491 cm³/mol. The molecule has 3 aliphatic rings. The van der Waals surface area contributed by atoms with Crippen molar-refractivity contribution >= 4 is 99.4 Å². The van der Waals surface area contributed by atoms with Gasteiger partial charge in [0.25, 0.3) is 0 Å². The summed E-state index contributed by atoms with van der Waals surface area (Å²) in [6, 6.07) is 165. The molecule has 23 rings (SSSR count). The summed E-state index contributed by atoms with van der Waals surface area (Å²) in [5.74, 6) is 0. The second-order valence-electron chi connectivity index (χ2n) is 30.1. The molecule has 4 N–H and O–H groups in total. The third kappa shape index (κ3) is 12.9. The van der Waals surface area contributed by atoms with Crippen molar-refractivity contribution in [2.75, 3.05) is 21.3 Å². The molecular weight excluding hydrogens is 1400 g/mol. The zero-order chi connectivity index (χ0) is 77.2. The van der Waals surface area contributed by atoms with E-state index in [9.17, 15) is 0 Å². The minimum Gasteiger partial charge on any atom is -0.356 e. The summed E-state index contributed by atoms with van der Waals surface area (Å²) in [6.07, 6.45) is 0. The van der Waals surface area contributed by atoms with Crippen molar-refractivity contribution in [1.29, 1.82) is 0 Å². The van der Waals surface area contributed by atoms with Crippen molar-refractivity contribution in [2.24, 2.45) is 0 Å². The van der Waals surface area contributed by atoms with E-state index in [2.05, 4.69) is 476 Å². The summed E-state index contributed by atoms with van der Waals surface area (Å²) in [6.45, 7) is 0. The Morgan fingerprint density at radius 2 is 0.422 bits per heavy atom. The van der Waals surface area contributed by atoms with Gasteiger partial charge in [0.15, 0.2) is 0 Å². The maximum Gasteiger partial charge on any atom is 0.0726 e. The summed E-state index contributed by atoms with van der Waals surface area (Å²) in [7, 11) is 0. The van der Waals surface area contributed by atoms with Crippen molar-refractivity contribution < 1.29 is 0 Å². The van der Waals surface area contributed by atoms with Gasteiger partial charge >= 0.3 is 0 Å². The van der Waals surface area contributed by atoms with Crippen LogP contribution >= 0.6 is 0 Å². The second kappa shape index (κ2) is 30.5. The molecule has 548 valence electrons. The number of hydrogen-bond acceptors (Lipinski definition) is 4. The Balaban J connectivity index is 0.000000103. The Hall–Kier alpha value is -15.1. The summed E-state index contributed by atoms with van der Waals surface area (Å²) in [5, 5.41) is 26.9. The monoisotopic (exact) mass is 1480 g/mol. The quantitative estimate of drug-likeness (QED) is 0.104. The molecule has 20 aromatic rings. The Morgan fingerprint density at radius 1 is 0.147 bits per heavy atom. The van der Waals surface area contributed by atoms with Crippen LogP contribution in [0.2, 0.25) is 0 Å². The zero-order valence-electron chi connectivity index (χ0n) is 63.9. The van der Waals surface area contributed by atoms with E-state index in [1.54, 1.807) is 0 Å². The zero-order valence-corrected chi connectivity index (χ0v) is 63.9. The molecule has 0 saturated carbocycles. The molecule has 0 unspecified atom stereocenters. The van der Waals surface area contributed by atoms with Crippen LogP contribution in [-0.4, -0.2) is 0 Å². The average molecular weight is 1480 g/mol. The first-order valence-electron chi connectivity index (χ1n) is 39.9. The molecule has 0 amide bonds. The highest BCUT2D eigenvalue weighted by molar-refractivity contribution is 6.00. The van der Waals surface area contributed by atoms with Gasteiger partial charge in [0.2, 0.25) is 0 Å². The second-order valence-corrected chi connectivity index (χ2v) is 30.1. The van der Waals surface area contributed by atoms with E-state index in [1.807, 2.05) is 6.07 Å². The molecule has 4 heteroatoms. The van der Waals surface area contributed by atoms with Gasteiger partial charge in [-0.15, -0.1) is 0 Å². The van der Waals surface area contributed by atoms with Gasteiger partial charge in [0.05, 0.1) is 10.8 Å². The normalized spacial score (nSPS) is 12.4. The van der Waals surface area contributed by atoms with Crippen LogP contribution in [0.1, 0.15) is 44.5 Å². The molecule has 0 aromatic heterocycles. The molecule has 0 aliphatic heterocycles. The van der Waals surface area contributed by atoms with Crippen LogP contribution in [0.5, 0.6) is 0 Å². The summed E-state index contributed by atoms with van der Waals surface area (Å²) >= 11 is 0. The van der Waals surface area contributed by atoms with E-state index < -0.39 is 0 Å². The Labute approximate surface area is 677 Å². The van der Waals surface area contributed by atoms with Crippen molar-refractivity contribution in [3.05, 3.63) is 506 Å². The van der Waals surface area contributed by atoms with Gasteiger partial charge in [-0.05, 0) is 217 Å². The van der Waals surface area contributed by atoms with Crippen LogP contribution in [0.3, 0.4) is 0 Å². The number of fused-ring (bicyclic) bond motifs is 18. The minimum atomic E-state index is -0.384. The number of anilines is 8. The van der Waals surface area contributed by atoms with Crippen molar-refractivity contribution in [2.45, 2.75) is 10.8 Å². The van der Waals surface area contributed by atoms with E-state index in [-0.39, 0.29) is 10.8 Å². The lowest BCUT2D eigenvalue weighted by Crippen LogP contribution is -2.28. The van der Waals surface area contributed by atoms with Crippen LogP contribution in [0, 0.1) is 0 Å². The van der Waals surface area contributed by atoms with E-state index in [4.69, 9.17) is 0 Å². The van der Waals surface area contributed by atoms with Crippen LogP contribution < -0.4 is 21.3 Å². The molecule has 0 saturated heterocycles. The van der Waals surface area contributed by atoms with E-state index in [1.165, 1.54) is 143 Å². The van der Waals surface area contributed by atoms with Crippen molar-refractivity contribution in [3.63, 3.8) is 0 Å². The third-order valence-electron chi connectivity index (χ3n) is 23.4. The Kier molecular flexibility index (Phi) is 18.4. The predicted octanol–water partition coefficient (Wildman–Crippen LogP) is 29.9. The molecule has 0 bridgehead atoms. The fraction of sp³-hybridized carbons (Fsp3) is 0.0179. The van der Waals surface area contributed by atoms with E-state index in [0.29, 0.717) is 0 Å². The molecule has 0 radical (unpaired) electrons. The fourth-order valence-electron chi connectivity index (χ4n) is 18.2. The summed E-state index contributed by atoms with van der Waals surface area (Å²) < 4.78 is 0. The molecule has 0 heterocycles. The van der Waals surface area contributed by atoms with Crippen molar-refractivity contribution in [1.82, 2.24) is 0 Å². The number of benzene rings is 20. The Morgan fingerprint density at radius 3 is 0.836 bits per heavy atom. The maximum absolute atomic E-state index is 3.76. The number of rotatable bonds is 11. The van der Waals surface area contributed by atoms with Crippen molar-refractivity contribution in [3.8, 4) is 44.5 Å². The molecule has 20 aromatic carbocycles. The molecule has 0 fully saturated rings. The lowest BCUT2D eigenvalue weighted by atomic mass is 9.67. The molecule has 4 nitrogen and oxygen atoms in total. The maximum atomic E-state index is 3.76. The molecule has 0 atom stereocenters. The first-order valence-corrected chi connectivity index (χ1v) is 39.9. The van der Waals surface area contributed by atoms with Gasteiger partial charge in [-0.1, -0.05) is 376 Å². The number of hydrogen-bond donors (Lipinski definition) is 4. The van der Waals surface area contributed by atoms with Gasteiger partial charge in [-0.25, -0.2) is 0 Å². The first-order chi connectivity index (χ1) is 57.5. The molecule has 1 spiro atoms. The first kappa shape index (κ1) is 70.0. The highest BCUT2D eigenvalue weighted by Crippen LogP contribution is 2.63. The third-order valence-corrected chi connectivity index (χ3v) is 23.4. The van der Waals surface area contributed by atoms with Gasteiger partial charge in [0.1, 0.15) is 0 Å². The molecular formula is C112H80N4. The lowest BCUT2D eigenvalue weighted by Gasteiger charge is -2.34. The van der Waals surface area contributed by atoms with Gasteiger partial charge in [0, 0.05) is 56.3 Å². The Bertz CT molecular complexity index is 6660. The molecule has 3 aliphatic carbocycles. The largest absolute Gasteiger partial charge is 0.356 e. The topological polar surface area (TPSA) is 48.1 Å². The number of nitrogens with one attached hydrogen (secondary N) is 4. The van der Waals surface area contributed by atoms with E-state index in [0.717, 1.165) is 45.5 Å². The average Bonchev–Trinajstić information content (AvgIpc) is 1.71. The smallest absolute Gasteiger partial charge is 0.0726 e. The van der Waals surface area contributed by atoms with Crippen LogP contribution in [0.25, 0.3) is 98.4 Å². The molecule has 116 heavy (non-hydrogen) atoms. The fourth-order valence-corrected chi connectivity index (χ4v) is 18.2. The standard InChI is InChI=1S/C35H23N.C35H25N.C22H17N.C20H15N/c1-2-12-25-23(10-1)11-9-19-34(25)36-24-20-21-29-28-15-5-8-18-32(28)35(33(29)22-24)30-16-6-3-13-26(30)27-14-4-7-17-31(27)35;1-3-14-26(15-4-1)35(27-16-5-2-6-17-27)32-20-10-9-19-30(32)31-23-22-28(24-33(31)35)36-34-21-11-13-25-12-7-8-18-29(25)34;1-2-6-17(7-3-1)19-10-13-21(14-11-19)23-22-15-12-18-8-4-5-9-20(18)16-22;1-3-7-17-13-19(11-9-15(17)5-1)21-20-12-10-16-6-2-4-8-18(16)14-20/h1-22,36H;1-24,36H;1-16,23H;1-14,21H. The van der Waals surface area contributed by atoms with E-state index >= 15 is 0 Å². The van der Waals surface area contributed by atoms with Gasteiger partial charge in [-0.2, -0.15) is 0 Å². The summed E-state index contributed by atoms with van der Waals surface area (Å²) in [4.78, 5) is 0. The summed E-state index contributed by atoms with van der Waals surface area (Å²) in [5.41, 5.74) is 29.3. The van der Waals surface area contributed by atoms with Crippen LogP contribution in [0.15, 0.2) is 461 Å². The van der Waals surface area contributed by atoms with Crippen LogP contribution in [-0.2, 0) is 10.8 Å². The minimum absolute atomic E-state index is 0.310. The van der Waals surface area contributed by atoms with Gasteiger partial charge < -0.3 is 21.3 Å². The SMILES string of the molecule is c1ccc(-c2ccc(Nc3ccc4ccccc4c3)cc2)cc1.c1ccc(C2(c3ccccc3)c3ccccc3-c3ccc(Nc4cccc5ccccc45)cc32)cc1.c1ccc2c(c1)-c1ccccc1C21c2ccccc2-c2ccc(Nc3cccc4ccccc34)cc21.c1ccc2cc(Nc3ccc4ccccc4c3)ccc2c1. The highest BCUT2D eigenvalue weighted by atomic mass is 14.9.